The molecule has 0 aliphatic rings. The molecular weight excluding hydrogens is 284 g/mol. The van der Waals surface area contributed by atoms with Crippen LogP contribution in [0.4, 0.5) is 0 Å². The van der Waals surface area contributed by atoms with Crippen molar-refractivity contribution in [2.45, 2.75) is 26.0 Å². The number of rotatable bonds is 6. The van der Waals surface area contributed by atoms with Gasteiger partial charge in [-0.25, -0.2) is 0 Å². The van der Waals surface area contributed by atoms with Gasteiger partial charge in [0.1, 0.15) is 5.75 Å². The summed E-state index contributed by atoms with van der Waals surface area (Å²) in [6.07, 6.45) is 0. The number of halogens is 1. The average Bonchev–Trinajstić information content (AvgIpc) is 2.26. The molecule has 1 unspecified atom stereocenters. The summed E-state index contributed by atoms with van der Waals surface area (Å²) in [4.78, 5) is 0. The summed E-state index contributed by atoms with van der Waals surface area (Å²) in [5.41, 5.74) is 0. The van der Waals surface area contributed by atoms with Gasteiger partial charge in [-0.05, 0) is 30.2 Å². The smallest absolute Gasteiger partial charge is 0.119 e. The van der Waals surface area contributed by atoms with E-state index in [1.165, 1.54) is 0 Å². The minimum Gasteiger partial charge on any atom is -0.493 e. The molecule has 0 aromatic heterocycles. The van der Waals surface area contributed by atoms with Crippen molar-refractivity contribution in [2.75, 3.05) is 12.4 Å². The Bertz CT molecular complexity index is 297. The van der Waals surface area contributed by atoms with Crippen molar-refractivity contribution >= 4 is 27.7 Å². The Labute approximate surface area is 111 Å². The molecule has 3 heteroatoms. The number of hydrogen-bond donors (Lipinski definition) is 0. The molecule has 0 bridgehead atoms. The monoisotopic (exact) mass is 302 g/mol. The normalized spacial score (nSPS) is 12.8. The van der Waals surface area contributed by atoms with Crippen molar-refractivity contribution in [1.82, 2.24) is 0 Å². The van der Waals surface area contributed by atoms with Gasteiger partial charge in [0.15, 0.2) is 0 Å². The number of ether oxygens (including phenoxy) is 1. The first kappa shape index (κ1) is 13.9. The van der Waals surface area contributed by atoms with E-state index in [2.05, 4.69) is 36.7 Å². The summed E-state index contributed by atoms with van der Waals surface area (Å²) in [7, 11) is 0. The van der Waals surface area contributed by atoms with Gasteiger partial charge in [-0.15, -0.1) is 0 Å². The second-order valence-electron chi connectivity index (χ2n) is 4.12. The Morgan fingerprint density at radius 3 is 2.38 bits per heavy atom. The van der Waals surface area contributed by atoms with Crippen molar-refractivity contribution in [3.8, 4) is 5.75 Å². The molecule has 1 aromatic carbocycles. The highest BCUT2D eigenvalue weighted by Gasteiger charge is 2.06. The Morgan fingerprint density at radius 1 is 1.19 bits per heavy atom. The second kappa shape index (κ2) is 7.23. The fourth-order valence-electron chi connectivity index (χ4n) is 1.12. The fourth-order valence-corrected chi connectivity index (χ4v) is 2.32. The van der Waals surface area contributed by atoms with Crippen LogP contribution >= 0.6 is 27.7 Å². The van der Waals surface area contributed by atoms with Crippen molar-refractivity contribution in [2.24, 2.45) is 5.92 Å². The molecule has 0 saturated heterocycles. The van der Waals surface area contributed by atoms with E-state index >= 15 is 0 Å². The number of thioether (sulfide) groups is 1. The SMILES string of the molecule is CC(C)C(C)SCCOc1ccc(Br)cc1. The maximum Gasteiger partial charge on any atom is 0.119 e. The lowest BCUT2D eigenvalue weighted by atomic mass is 10.2. The van der Waals surface area contributed by atoms with Crippen LogP contribution < -0.4 is 4.74 Å². The molecule has 0 amide bonds. The minimum absolute atomic E-state index is 0.702. The van der Waals surface area contributed by atoms with Gasteiger partial charge in [-0.3, -0.25) is 0 Å². The molecular formula is C13H19BrOS. The molecule has 1 aromatic rings. The fraction of sp³-hybridized carbons (Fsp3) is 0.538. The first-order chi connectivity index (χ1) is 7.59. The molecule has 16 heavy (non-hydrogen) atoms. The van der Waals surface area contributed by atoms with Crippen molar-refractivity contribution in [3.63, 3.8) is 0 Å². The zero-order valence-electron chi connectivity index (χ0n) is 10.1. The van der Waals surface area contributed by atoms with Crippen LogP contribution in [0.1, 0.15) is 20.8 Å². The summed E-state index contributed by atoms with van der Waals surface area (Å²) in [6.45, 7) is 7.57. The van der Waals surface area contributed by atoms with E-state index in [1.807, 2.05) is 36.0 Å². The molecule has 0 saturated carbocycles. The van der Waals surface area contributed by atoms with E-state index in [4.69, 9.17) is 4.74 Å². The third-order valence-corrected chi connectivity index (χ3v) is 4.49. The molecule has 0 aliphatic heterocycles. The van der Waals surface area contributed by atoms with E-state index in [-0.39, 0.29) is 0 Å². The van der Waals surface area contributed by atoms with Crippen LogP contribution in [0.2, 0.25) is 0 Å². The molecule has 90 valence electrons. The lowest BCUT2D eigenvalue weighted by molar-refractivity contribution is 0.343. The zero-order chi connectivity index (χ0) is 12.0. The van der Waals surface area contributed by atoms with Crippen molar-refractivity contribution in [3.05, 3.63) is 28.7 Å². The maximum absolute atomic E-state index is 5.65. The quantitative estimate of drug-likeness (QED) is 0.710. The molecule has 0 fully saturated rings. The first-order valence-electron chi connectivity index (χ1n) is 5.59. The summed E-state index contributed by atoms with van der Waals surface area (Å²) >= 11 is 5.38. The van der Waals surface area contributed by atoms with Crippen LogP contribution in [0.5, 0.6) is 5.75 Å². The van der Waals surface area contributed by atoms with Crippen LogP contribution in [0.3, 0.4) is 0 Å². The van der Waals surface area contributed by atoms with Crippen LogP contribution in [-0.2, 0) is 0 Å². The van der Waals surface area contributed by atoms with Crippen LogP contribution in [0.25, 0.3) is 0 Å². The van der Waals surface area contributed by atoms with Crippen LogP contribution in [0, 0.1) is 5.92 Å². The Hall–Kier alpha value is -0.150. The van der Waals surface area contributed by atoms with Gasteiger partial charge in [0.25, 0.3) is 0 Å². The minimum atomic E-state index is 0.702. The highest BCUT2D eigenvalue weighted by Crippen LogP contribution is 2.19. The highest BCUT2D eigenvalue weighted by atomic mass is 79.9. The van der Waals surface area contributed by atoms with Gasteiger partial charge in [-0.1, -0.05) is 36.7 Å². The molecule has 0 radical (unpaired) electrons. The largest absolute Gasteiger partial charge is 0.493 e. The summed E-state index contributed by atoms with van der Waals surface area (Å²) < 4.78 is 6.74. The lowest BCUT2D eigenvalue weighted by Crippen LogP contribution is -2.09. The van der Waals surface area contributed by atoms with E-state index < -0.39 is 0 Å². The second-order valence-corrected chi connectivity index (χ2v) is 6.52. The Kier molecular flexibility index (Phi) is 6.29. The van der Waals surface area contributed by atoms with Gasteiger partial charge in [-0.2, -0.15) is 11.8 Å². The molecule has 0 N–H and O–H groups in total. The summed E-state index contributed by atoms with van der Waals surface area (Å²) in [5.74, 6) is 2.73. The van der Waals surface area contributed by atoms with Gasteiger partial charge in [0.2, 0.25) is 0 Å². The van der Waals surface area contributed by atoms with Gasteiger partial charge < -0.3 is 4.74 Å². The molecule has 1 rings (SSSR count). The van der Waals surface area contributed by atoms with E-state index in [9.17, 15) is 0 Å². The summed E-state index contributed by atoms with van der Waals surface area (Å²) in [5, 5.41) is 0.702. The van der Waals surface area contributed by atoms with Crippen LogP contribution in [-0.4, -0.2) is 17.6 Å². The summed E-state index contributed by atoms with van der Waals surface area (Å²) in [6, 6.07) is 7.97. The van der Waals surface area contributed by atoms with Crippen molar-refractivity contribution in [1.29, 1.82) is 0 Å². The number of benzene rings is 1. The first-order valence-corrected chi connectivity index (χ1v) is 7.43. The average molecular weight is 303 g/mol. The molecule has 0 heterocycles. The molecule has 0 spiro atoms. The topological polar surface area (TPSA) is 9.23 Å². The van der Waals surface area contributed by atoms with E-state index in [0.717, 1.165) is 28.5 Å². The lowest BCUT2D eigenvalue weighted by Gasteiger charge is -2.14. The molecule has 0 aliphatic carbocycles. The van der Waals surface area contributed by atoms with E-state index in [0.29, 0.717) is 5.25 Å². The Balaban J connectivity index is 2.18. The molecule has 1 nitrogen and oxygen atoms in total. The predicted octanol–water partition coefficient (Wildman–Crippen LogP) is 4.61. The predicted molar refractivity (Wildman–Crippen MR) is 76.4 cm³/mol. The van der Waals surface area contributed by atoms with Gasteiger partial charge in [0, 0.05) is 15.5 Å². The van der Waals surface area contributed by atoms with Gasteiger partial charge in [0.05, 0.1) is 6.61 Å². The maximum atomic E-state index is 5.65. The standard InChI is InChI=1S/C13H19BrOS/c1-10(2)11(3)16-9-8-15-13-6-4-12(14)5-7-13/h4-7,10-11H,8-9H2,1-3H3. The number of hydrogen-bond acceptors (Lipinski definition) is 2. The third kappa shape index (κ3) is 5.26. The third-order valence-electron chi connectivity index (χ3n) is 2.49. The molecule has 1 atom stereocenters. The Morgan fingerprint density at radius 2 is 1.81 bits per heavy atom. The highest BCUT2D eigenvalue weighted by molar-refractivity contribution is 9.10. The van der Waals surface area contributed by atoms with Crippen LogP contribution in [0.15, 0.2) is 28.7 Å². The zero-order valence-corrected chi connectivity index (χ0v) is 12.5. The van der Waals surface area contributed by atoms with Crippen molar-refractivity contribution < 1.29 is 4.74 Å². The van der Waals surface area contributed by atoms with E-state index in [1.54, 1.807) is 0 Å². The van der Waals surface area contributed by atoms with Gasteiger partial charge >= 0.3 is 0 Å².